The van der Waals surface area contributed by atoms with Gasteiger partial charge in [-0.1, -0.05) is 61.5 Å². The van der Waals surface area contributed by atoms with E-state index >= 15 is 0 Å². The molecule has 0 aliphatic heterocycles. The van der Waals surface area contributed by atoms with Gasteiger partial charge in [0.1, 0.15) is 0 Å². The summed E-state index contributed by atoms with van der Waals surface area (Å²) >= 11 is 0. The third-order valence-corrected chi connectivity index (χ3v) is 6.46. The molecule has 2 aromatic rings. The highest BCUT2D eigenvalue weighted by atomic mass is 32.2. The fourth-order valence-electron chi connectivity index (χ4n) is 2.29. The average molecular weight is 306 g/mol. The Hall–Kier alpha value is -1.43. The van der Waals surface area contributed by atoms with Crippen LogP contribution in [0.3, 0.4) is 0 Å². The van der Waals surface area contributed by atoms with E-state index in [0.717, 1.165) is 5.56 Å². The molecule has 0 saturated heterocycles. The van der Waals surface area contributed by atoms with Crippen LogP contribution < -0.4 is 5.19 Å². The normalized spacial score (nSPS) is 12.9. The van der Waals surface area contributed by atoms with Crippen molar-refractivity contribution in [2.75, 3.05) is 0 Å². The maximum Gasteiger partial charge on any atom is 0.294 e. The Bertz CT molecular complexity index is 677. The van der Waals surface area contributed by atoms with E-state index < -0.39 is 19.6 Å². The second-order valence-electron chi connectivity index (χ2n) is 5.55. The molecule has 0 aliphatic rings. The number of hydrogen-bond acceptors (Lipinski definition) is 2. The first-order chi connectivity index (χ1) is 9.29. The van der Waals surface area contributed by atoms with Crippen LogP contribution >= 0.6 is 0 Å². The number of hydrogen-bond donors (Lipinski definition) is 1. The van der Waals surface area contributed by atoms with Crippen LogP contribution in [-0.4, -0.2) is 22.5 Å². The second-order valence-corrected chi connectivity index (χ2v) is 9.91. The van der Waals surface area contributed by atoms with Gasteiger partial charge in [-0.2, -0.15) is 8.42 Å². The predicted octanol–water partition coefficient (Wildman–Crippen LogP) is 1.66. The zero-order chi connectivity index (χ0) is 14.8. The molecular weight excluding hydrogens is 288 g/mol. The van der Waals surface area contributed by atoms with Crippen LogP contribution in [0, 0.1) is 0 Å². The maximum atomic E-state index is 11.0. The summed E-state index contributed by atoms with van der Waals surface area (Å²) in [7, 11) is -4.65. The van der Waals surface area contributed by atoms with Gasteiger partial charge in [-0.3, -0.25) is 4.55 Å². The van der Waals surface area contributed by atoms with Crippen molar-refractivity contribution in [1.29, 1.82) is 0 Å². The third-order valence-electron chi connectivity index (χ3n) is 3.42. The van der Waals surface area contributed by atoms with Gasteiger partial charge in [0.25, 0.3) is 10.1 Å². The molecule has 2 aromatic carbocycles. The van der Waals surface area contributed by atoms with Crippen LogP contribution in [0.5, 0.6) is 0 Å². The molecule has 0 bridgehead atoms. The molecule has 20 heavy (non-hydrogen) atoms. The minimum Gasteiger partial charge on any atom is -0.282 e. The predicted molar refractivity (Wildman–Crippen MR) is 83.9 cm³/mol. The Morgan fingerprint density at radius 3 is 2.00 bits per heavy atom. The lowest BCUT2D eigenvalue weighted by molar-refractivity contribution is 0.483. The molecule has 0 radical (unpaired) electrons. The molecule has 0 aromatic heterocycles. The molecule has 0 atom stereocenters. The lowest BCUT2D eigenvalue weighted by Gasteiger charge is -2.25. The van der Waals surface area contributed by atoms with Gasteiger partial charge < -0.3 is 0 Å². The highest BCUT2D eigenvalue weighted by molar-refractivity contribution is 7.85. The zero-order valence-electron chi connectivity index (χ0n) is 11.6. The smallest absolute Gasteiger partial charge is 0.282 e. The van der Waals surface area contributed by atoms with E-state index in [9.17, 15) is 8.42 Å². The summed E-state index contributed by atoms with van der Waals surface area (Å²) in [5, 5.41) is 1.40. The first kappa shape index (κ1) is 15.0. The third kappa shape index (κ3) is 3.56. The summed E-state index contributed by atoms with van der Waals surface area (Å²) in [5.41, 5.74) is 1.10. The lowest BCUT2D eigenvalue weighted by Crippen LogP contribution is -2.34. The number of benzene rings is 2. The van der Waals surface area contributed by atoms with Crippen LogP contribution in [0.1, 0.15) is 19.4 Å². The van der Waals surface area contributed by atoms with Crippen molar-refractivity contribution in [3.63, 3.8) is 0 Å². The minimum absolute atomic E-state index is 0.0269. The van der Waals surface area contributed by atoms with Crippen molar-refractivity contribution in [1.82, 2.24) is 0 Å². The highest BCUT2D eigenvalue weighted by Gasteiger charge is 2.22. The van der Waals surface area contributed by atoms with Gasteiger partial charge in [0, 0.05) is 0 Å². The SMILES string of the molecule is CC(C)([SiH2]c1ccccc1)c1ccc(S(=O)(=O)O)cc1. The molecule has 1 N–H and O–H groups in total. The largest absolute Gasteiger partial charge is 0.294 e. The van der Waals surface area contributed by atoms with Crippen molar-refractivity contribution in [2.45, 2.75) is 23.8 Å². The van der Waals surface area contributed by atoms with Gasteiger partial charge in [-0.05, 0) is 22.7 Å². The van der Waals surface area contributed by atoms with Crippen LogP contribution in [0.2, 0.25) is 0 Å². The molecule has 0 heterocycles. The fraction of sp³-hybridized carbons (Fsp3) is 0.200. The summed E-state index contributed by atoms with van der Waals surface area (Å²) in [4.78, 5) is -0.0570. The van der Waals surface area contributed by atoms with E-state index in [1.807, 2.05) is 18.2 Å². The van der Waals surface area contributed by atoms with Crippen LogP contribution in [0.15, 0.2) is 59.5 Å². The molecule has 106 valence electrons. The molecule has 0 saturated carbocycles. The molecule has 0 amide bonds. The van der Waals surface area contributed by atoms with Crippen molar-refractivity contribution in [2.24, 2.45) is 0 Å². The first-order valence-corrected chi connectivity index (χ1v) is 9.26. The Morgan fingerprint density at radius 1 is 0.950 bits per heavy atom. The zero-order valence-corrected chi connectivity index (χ0v) is 13.8. The standard InChI is InChI=1S/C15H18O3SSi/c1-15(2,20-14-6-4-3-5-7-14)12-8-10-13(11-9-12)19(16,17)18/h3-11H,20H2,1-2H3,(H,16,17,18). The number of rotatable bonds is 4. The second kappa shape index (κ2) is 5.52. The molecule has 0 spiro atoms. The maximum absolute atomic E-state index is 11.0. The van der Waals surface area contributed by atoms with Crippen LogP contribution in [0.25, 0.3) is 0 Å². The van der Waals surface area contributed by atoms with Gasteiger partial charge in [0.15, 0.2) is 0 Å². The quantitative estimate of drug-likeness (QED) is 0.690. The highest BCUT2D eigenvalue weighted by Crippen LogP contribution is 2.23. The van der Waals surface area contributed by atoms with Gasteiger partial charge in [-0.15, -0.1) is 0 Å². The molecule has 5 heteroatoms. The van der Waals surface area contributed by atoms with Crippen molar-refractivity contribution < 1.29 is 13.0 Å². The Labute approximate surface area is 122 Å². The monoisotopic (exact) mass is 306 g/mol. The van der Waals surface area contributed by atoms with E-state index in [1.165, 1.54) is 17.3 Å². The van der Waals surface area contributed by atoms with E-state index in [-0.39, 0.29) is 9.93 Å². The van der Waals surface area contributed by atoms with Gasteiger partial charge in [0.05, 0.1) is 14.4 Å². The van der Waals surface area contributed by atoms with Crippen molar-refractivity contribution in [3.8, 4) is 0 Å². The topological polar surface area (TPSA) is 54.4 Å². The summed E-state index contributed by atoms with van der Waals surface area (Å²) < 4.78 is 31.1. The minimum atomic E-state index is -4.11. The van der Waals surface area contributed by atoms with E-state index in [0.29, 0.717) is 0 Å². The van der Waals surface area contributed by atoms with Gasteiger partial charge in [-0.25, -0.2) is 0 Å². The Kier molecular flexibility index (Phi) is 4.13. The molecule has 2 rings (SSSR count). The summed E-state index contributed by atoms with van der Waals surface area (Å²) in [6.45, 7) is 4.35. The molecule has 0 unspecified atom stereocenters. The molecular formula is C15H18O3SSi. The molecule has 0 fully saturated rings. The fourth-order valence-corrected chi connectivity index (χ4v) is 4.73. The average Bonchev–Trinajstić information content (AvgIpc) is 2.38. The van der Waals surface area contributed by atoms with Crippen LogP contribution in [0.4, 0.5) is 0 Å². The Morgan fingerprint density at radius 2 is 1.50 bits per heavy atom. The summed E-state index contributed by atoms with van der Waals surface area (Å²) in [6.07, 6.45) is 0. The summed E-state index contributed by atoms with van der Waals surface area (Å²) in [5.74, 6) is 0. The Balaban J connectivity index is 2.26. The van der Waals surface area contributed by atoms with Crippen LogP contribution in [-0.2, 0) is 15.2 Å². The van der Waals surface area contributed by atoms with Gasteiger partial charge in [0.2, 0.25) is 0 Å². The first-order valence-electron chi connectivity index (χ1n) is 6.41. The van der Waals surface area contributed by atoms with Crippen molar-refractivity contribution >= 4 is 24.8 Å². The lowest BCUT2D eigenvalue weighted by atomic mass is 10.0. The van der Waals surface area contributed by atoms with E-state index in [2.05, 4.69) is 26.0 Å². The summed E-state index contributed by atoms with van der Waals surface area (Å²) in [6, 6.07) is 16.9. The van der Waals surface area contributed by atoms with Gasteiger partial charge >= 0.3 is 0 Å². The molecule has 0 aliphatic carbocycles. The molecule has 3 nitrogen and oxygen atoms in total. The van der Waals surface area contributed by atoms with Crippen molar-refractivity contribution in [3.05, 3.63) is 60.2 Å². The van der Waals surface area contributed by atoms with E-state index in [1.54, 1.807) is 12.1 Å². The van der Waals surface area contributed by atoms with E-state index in [4.69, 9.17) is 4.55 Å².